The van der Waals surface area contributed by atoms with Gasteiger partial charge in [-0.25, -0.2) is 0 Å². The smallest absolute Gasteiger partial charge is 0.192 e. The van der Waals surface area contributed by atoms with Crippen molar-refractivity contribution in [2.45, 2.75) is 77.1 Å². The van der Waals surface area contributed by atoms with E-state index in [4.69, 9.17) is 4.43 Å². The number of rotatable bonds is 4. The van der Waals surface area contributed by atoms with Gasteiger partial charge in [-0.15, -0.1) is 0 Å². The van der Waals surface area contributed by atoms with Gasteiger partial charge in [0.05, 0.1) is 5.60 Å². The molecular formula is C14H28O2Si. The monoisotopic (exact) mass is 256 g/mol. The summed E-state index contributed by atoms with van der Waals surface area (Å²) in [5.74, 6) is 0.694. The van der Waals surface area contributed by atoms with E-state index in [9.17, 15) is 4.79 Å². The van der Waals surface area contributed by atoms with Crippen LogP contribution in [0.1, 0.15) is 53.4 Å². The number of carbonyl (C=O) groups excluding carboxylic acids is 1. The second kappa shape index (κ2) is 4.85. The van der Waals surface area contributed by atoms with Gasteiger partial charge in [0, 0.05) is 6.42 Å². The molecule has 2 nitrogen and oxygen atoms in total. The van der Waals surface area contributed by atoms with Gasteiger partial charge in [0.1, 0.15) is 6.29 Å². The molecule has 0 aromatic carbocycles. The molecule has 1 aliphatic rings. The van der Waals surface area contributed by atoms with Gasteiger partial charge in [-0.1, -0.05) is 27.7 Å². The molecule has 3 heteroatoms. The molecule has 0 amide bonds. The summed E-state index contributed by atoms with van der Waals surface area (Å²) in [5, 5.41) is 0.217. The normalized spacial score (nSPS) is 30.6. The Balaban J connectivity index is 2.84. The van der Waals surface area contributed by atoms with Gasteiger partial charge in [-0.2, -0.15) is 0 Å². The summed E-state index contributed by atoms with van der Waals surface area (Å²) in [4.78, 5) is 10.9. The molecule has 1 rings (SSSR count). The molecule has 1 aliphatic carbocycles. The number of hydrogen-bond acceptors (Lipinski definition) is 2. The van der Waals surface area contributed by atoms with E-state index in [0.29, 0.717) is 12.3 Å². The summed E-state index contributed by atoms with van der Waals surface area (Å²) in [6.45, 7) is 13.6. The maximum atomic E-state index is 10.9. The third kappa shape index (κ3) is 3.41. The van der Waals surface area contributed by atoms with Gasteiger partial charge in [0.15, 0.2) is 8.32 Å². The third-order valence-electron chi connectivity index (χ3n) is 4.55. The largest absolute Gasteiger partial charge is 0.411 e. The van der Waals surface area contributed by atoms with Crippen LogP contribution in [0, 0.1) is 5.92 Å². The van der Waals surface area contributed by atoms with Gasteiger partial charge < -0.3 is 9.22 Å². The van der Waals surface area contributed by atoms with E-state index >= 15 is 0 Å². The van der Waals surface area contributed by atoms with E-state index < -0.39 is 8.32 Å². The minimum absolute atomic E-state index is 0.149. The molecule has 100 valence electrons. The van der Waals surface area contributed by atoms with Crippen LogP contribution < -0.4 is 0 Å². The molecule has 0 spiro atoms. The quantitative estimate of drug-likeness (QED) is 0.558. The van der Waals surface area contributed by atoms with E-state index in [1.807, 2.05) is 0 Å². The highest BCUT2D eigenvalue weighted by Crippen LogP contribution is 2.46. The fourth-order valence-corrected chi connectivity index (χ4v) is 4.17. The Hall–Kier alpha value is -0.153. The standard InChI is InChI=1S/C14H28O2Si/c1-12-7-8-14(11-12,9-10-15)16-17(5,6)13(2,3)4/h10,12H,7-9,11H2,1-6H3. The summed E-state index contributed by atoms with van der Waals surface area (Å²) in [7, 11) is -1.77. The number of carbonyl (C=O) groups is 1. The molecule has 0 heterocycles. The highest BCUT2D eigenvalue weighted by atomic mass is 28.4. The molecule has 0 radical (unpaired) electrons. The van der Waals surface area contributed by atoms with Crippen LogP contribution in [0.4, 0.5) is 0 Å². The zero-order valence-electron chi connectivity index (χ0n) is 12.3. The van der Waals surface area contributed by atoms with Crippen molar-refractivity contribution < 1.29 is 9.22 Å². The van der Waals surface area contributed by atoms with Crippen LogP contribution in [-0.2, 0) is 9.22 Å². The van der Waals surface area contributed by atoms with Crippen molar-refractivity contribution in [3.63, 3.8) is 0 Å². The molecule has 2 unspecified atom stereocenters. The Kier molecular flexibility index (Phi) is 4.25. The molecule has 1 saturated carbocycles. The predicted octanol–water partition coefficient (Wildman–Crippen LogP) is 4.16. The Morgan fingerprint density at radius 3 is 2.35 bits per heavy atom. The molecule has 0 N–H and O–H groups in total. The van der Waals surface area contributed by atoms with Gasteiger partial charge in [-0.3, -0.25) is 0 Å². The third-order valence-corrected chi connectivity index (χ3v) is 9.10. The van der Waals surface area contributed by atoms with Crippen molar-refractivity contribution >= 4 is 14.6 Å². The highest BCUT2D eigenvalue weighted by molar-refractivity contribution is 6.74. The van der Waals surface area contributed by atoms with Gasteiger partial charge >= 0.3 is 0 Å². The van der Waals surface area contributed by atoms with Gasteiger partial charge in [-0.05, 0) is 43.3 Å². The van der Waals surface area contributed by atoms with E-state index in [1.54, 1.807) is 0 Å². The minimum Gasteiger partial charge on any atom is -0.411 e. The van der Waals surface area contributed by atoms with E-state index in [-0.39, 0.29) is 10.6 Å². The molecule has 17 heavy (non-hydrogen) atoms. The zero-order valence-corrected chi connectivity index (χ0v) is 13.3. The van der Waals surface area contributed by atoms with Gasteiger partial charge in [0.2, 0.25) is 0 Å². The summed E-state index contributed by atoms with van der Waals surface area (Å²) in [5.41, 5.74) is -0.149. The van der Waals surface area contributed by atoms with Crippen LogP contribution in [0.15, 0.2) is 0 Å². The van der Waals surface area contributed by atoms with Crippen molar-refractivity contribution in [3.8, 4) is 0 Å². The SMILES string of the molecule is CC1CCC(CC=O)(O[Si](C)(C)C(C)(C)C)C1. The van der Waals surface area contributed by atoms with Crippen LogP contribution in [0.3, 0.4) is 0 Å². The maximum absolute atomic E-state index is 10.9. The number of hydrogen-bond donors (Lipinski definition) is 0. The van der Waals surface area contributed by atoms with E-state index in [1.165, 1.54) is 6.42 Å². The van der Waals surface area contributed by atoms with Crippen LogP contribution in [0.25, 0.3) is 0 Å². The van der Waals surface area contributed by atoms with Crippen LogP contribution in [0.5, 0.6) is 0 Å². The lowest BCUT2D eigenvalue weighted by Gasteiger charge is -2.44. The molecule has 0 saturated heterocycles. The molecule has 0 bridgehead atoms. The summed E-state index contributed by atoms with van der Waals surface area (Å²) in [6.07, 6.45) is 4.93. The van der Waals surface area contributed by atoms with Crippen molar-refractivity contribution in [2.75, 3.05) is 0 Å². The Bertz CT molecular complexity index is 280. The first-order valence-electron chi connectivity index (χ1n) is 6.76. The second-order valence-electron chi connectivity index (χ2n) is 7.26. The molecule has 0 aliphatic heterocycles. The van der Waals surface area contributed by atoms with Crippen molar-refractivity contribution in [2.24, 2.45) is 5.92 Å². The van der Waals surface area contributed by atoms with Crippen LogP contribution >= 0.6 is 0 Å². The van der Waals surface area contributed by atoms with E-state index in [2.05, 4.69) is 40.8 Å². The lowest BCUT2D eigenvalue weighted by atomic mass is 9.98. The van der Waals surface area contributed by atoms with Gasteiger partial charge in [0.25, 0.3) is 0 Å². The highest BCUT2D eigenvalue weighted by Gasteiger charge is 2.47. The fraction of sp³-hybridized carbons (Fsp3) is 0.929. The molecule has 1 fully saturated rings. The maximum Gasteiger partial charge on any atom is 0.192 e. The summed E-state index contributed by atoms with van der Waals surface area (Å²) < 4.78 is 6.57. The van der Waals surface area contributed by atoms with E-state index in [0.717, 1.165) is 19.1 Å². The fourth-order valence-electron chi connectivity index (χ4n) is 2.51. The Morgan fingerprint density at radius 1 is 1.41 bits per heavy atom. The second-order valence-corrected chi connectivity index (χ2v) is 12.0. The molecular weight excluding hydrogens is 228 g/mol. The first kappa shape index (κ1) is 14.9. The number of aldehydes is 1. The predicted molar refractivity (Wildman–Crippen MR) is 74.7 cm³/mol. The van der Waals surface area contributed by atoms with Crippen LogP contribution in [-0.4, -0.2) is 20.2 Å². The topological polar surface area (TPSA) is 26.3 Å². The lowest BCUT2D eigenvalue weighted by molar-refractivity contribution is -0.111. The molecule has 2 atom stereocenters. The Labute approximate surface area is 107 Å². The zero-order chi connectivity index (χ0) is 13.3. The first-order chi connectivity index (χ1) is 7.62. The lowest BCUT2D eigenvalue weighted by Crippen LogP contribution is -2.49. The average Bonchev–Trinajstić information content (AvgIpc) is 2.45. The minimum atomic E-state index is -1.77. The molecule has 0 aromatic heterocycles. The van der Waals surface area contributed by atoms with Crippen LogP contribution in [0.2, 0.25) is 18.1 Å². The Morgan fingerprint density at radius 2 is 2.00 bits per heavy atom. The summed E-state index contributed by atoms with van der Waals surface area (Å²) in [6, 6.07) is 0. The van der Waals surface area contributed by atoms with Crippen molar-refractivity contribution in [1.29, 1.82) is 0 Å². The molecule has 0 aromatic rings. The first-order valence-corrected chi connectivity index (χ1v) is 9.66. The summed E-state index contributed by atoms with van der Waals surface area (Å²) >= 11 is 0. The average molecular weight is 256 g/mol. The van der Waals surface area contributed by atoms with Crippen molar-refractivity contribution in [1.82, 2.24) is 0 Å². The van der Waals surface area contributed by atoms with Crippen molar-refractivity contribution in [3.05, 3.63) is 0 Å².